The number of hydrogen-bond donors (Lipinski definition) is 2. The first-order valence-electron chi connectivity index (χ1n) is 10.7. The molecule has 2 fully saturated rings. The Hall–Kier alpha value is -3.45. The molecular formula is C21H24N8O2. The SMILES string of the molecule is N#CC1Oc2cnc(Nc3ccc(N4CCNCC4)cn3)nc2N(C2CCCC2)C1=O. The number of aromatic nitrogens is 3. The average Bonchev–Trinajstić information content (AvgIpc) is 3.34. The Bertz CT molecular complexity index is 993. The van der Waals surface area contributed by atoms with Gasteiger partial charge in [-0.05, 0) is 25.0 Å². The number of amides is 1. The third kappa shape index (κ3) is 3.84. The van der Waals surface area contributed by atoms with Gasteiger partial charge in [-0.3, -0.25) is 9.69 Å². The summed E-state index contributed by atoms with van der Waals surface area (Å²) in [4.78, 5) is 30.1. The minimum Gasteiger partial charge on any atom is -0.460 e. The number of piperazine rings is 1. The molecule has 0 radical (unpaired) electrons. The maximum Gasteiger partial charge on any atom is 0.284 e. The molecular weight excluding hydrogens is 396 g/mol. The van der Waals surface area contributed by atoms with Gasteiger partial charge in [0.15, 0.2) is 11.6 Å². The van der Waals surface area contributed by atoms with Crippen molar-refractivity contribution in [1.29, 1.82) is 5.26 Å². The summed E-state index contributed by atoms with van der Waals surface area (Å²) < 4.78 is 5.54. The lowest BCUT2D eigenvalue weighted by molar-refractivity contribution is -0.124. The molecule has 1 atom stereocenters. The van der Waals surface area contributed by atoms with E-state index in [-0.39, 0.29) is 11.9 Å². The summed E-state index contributed by atoms with van der Waals surface area (Å²) in [6.45, 7) is 3.84. The van der Waals surface area contributed by atoms with Crippen molar-refractivity contribution in [2.24, 2.45) is 0 Å². The van der Waals surface area contributed by atoms with E-state index in [1.807, 2.05) is 24.4 Å². The number of carbonyl (C=O) groups is 1. The summed E-state index contributed by atoms with van der Waals surface area (Å²) >= 11 is 0. The van der Waals surface area contributed by atoms with E-state index >= 15 is 0 Å². The molecule has 0 spiro atoms. The Balaban J connectivity index is 1.38. The van der Waals surface area contributed by atoms with Gasteiger partial charge in [0.2, 0.25) is 5.95 Å². The number of carbonyl (C=O) groups excluding carboxylic acids is 1. The molecule has 1 aliphatic carbocycles. The summed E-state index contributed by atoms with van der Waals surface area (Å²) in [5.74, 6) is 1.36. The molecule has 5 rings (SSSR count). The smallest absolute Gasteiger partial charge is 0.284 e. The second kappa shape index (κ2) is 8.35. The van der Waals surface area contributed by atoms with Gasteiger partial charge in [0.25, 0.3) is 12.0 Å². The van der Waals surface area contributed by atoms with Crippen LogP contribution >= 0.6 is 0 Å². The zero-order valence-corrected chi connectivity index (χ0v) is 17.1. The summed E-state index contributed by atoms with van der Waals surface area (Å²) in [7, 11) is 0. The van der Waals surface area contributed by atoms with E-state index in [1.165, 1.54) is 6.20 Å². The Kier molecular flexibility index (Phi) is 5.26. The maximum atomic E-state index is 12.8. The highest BCUT2D eigenvalue weighted by molar-refractivity contribution is 6.01. The largest absolute Gasteiger partial charge is 0.460 e. The molecule has 2 aromatic heterocycles. The molecule has 2 N–H and O–H groups in total. The zero-order valence-electron chi connectivity index (χ0n) is 17.1. The van der Waals surface area contributed by atoms with Gasteiger partial charge in [-0.25, -0.2) is 9.97 Å². The van der Waals surface area contributed by atoms with Crippen molar-refractivity contribution in [3.8, 4) is 11.8 Å². The van der Waals surface area contributed by atoms with Gasteiger partial charge in [0, 0.05) is 32.2 Å². The fourth-order valence-electron chi connectivity index (χ4n) is 4.37. The van der Waals surface area contributed by atoms with E-state index in [0.717, 1.165) is 57.5 Å². The lowest BCUT2D eigenvalue weighted by Gasteiger charge is -2.34. The van der Waals surface area contributed by atoms with Crippen molar-refractivity contribution in [3.05, 3.63) is 24.5 Å². The van der Waals surface area contributed by atoms with E-state index < -0.39 is 6.10 Å². The van der Waals surface area contributed by atoms with Crippen LogP contribution in [0.3, 0.4) is 0 Å². The van der Waals surface area contributed by atoms with Crippen molar-refractivity contribution in [2.75, 3.05) is 41.3 Å². The van der Waals surface area contributed by atoms with Crippen LogP contribution in [0.15, 0.2) is 24.5 Å². The number of nitrogens with zero attached hydrogens (tertiary/aromatic N) is 6. The van der Waals surface area contributed by atoms with Gasteiger partial charge >= 0.3 is 0 Å². The van der Waals surface area contributed by atoms with Gasteiger partial charge in [0.05, 0.1) is 18.1 Å². The van der Waals surface area contributed by atoms with Gasteiger partial charge in [-0.15, -0.1) is 0 Å². The lowest BCUT2D eigenvalue weighted by Crippen LogP contribution is -2.50. The van der Waals surface area contributed by atoms with Crippen molar-refractivity contribution >= 4 is 29.2 Å². The lowest BCUT2D eigenvalue weighted by atomic mass is 10.1. The monoisotopic (exact) mass is 420 g/mol. The number of nitrogens with one attached hydrogen (secondary N) is 2. The van der Waals surface area contributed by atoms with Crippen LogP contribution in [0.25, 0.3) is 0 Å². The highest BCUT2D eigenvalue weighted by atomic mass is 16.5. The molecule has 1 amide bonds. The molecule has 3 aliphatic rings. The van der Waals surface area contributed by atoms with E-state index in [2.05, 4.69) is 30.5 Å². The number of fused-ring (bicyclic) bond motifs is 1. The predicted octanol–water partition coefficient (Wildman–Crippen LogP) is 1.58. The van der Waals surface area contributed by atoms with Crippen molar-refractivity contribution in [1.82, 2.24) is 20.3 Å². The fraction of sp³-hybridized carbons (Fsp3) is 0.476. The number of hydrogen-bond acceptors (Lipinski definition) is 9. The average molecular weight is 420 g/mol. The number of ether oxygens (including phenoxy) is 1. The van der Waals surface area contributed by atoms with Crippen molar-refractivity contribution in [2.45, 2.75) is 37.8 Å². The molecule has 0 bridgehead atoms. The van der Waals surface area contributed by atoms with Gasteiger partial charge in [-0.1, -0.05) is 12.8 Å². The highest BCUT2D eigenvalue weighted by Gasteiger charge is 2.40. The molecule has 1 unspecified atom stereocenters. The number of rotatable bonds is 4. The van der Waals surface area contributed by atoms with Crippen molar-refractivity contribution in [3.63, 3.8) is 0 Å². The minimum atomic E-state index is -1.16. The molecule has 1 saturated heterocycles. The molecule has 2 aromatic rings. The second-order valence-corrected chi connectivity index (χ2v) is 7.92. The molecule has 10 nitrogen and oxygen atoms in total. The number of anilines is 4. The van der Waals surface area contributed by atoms with Gasteiger partial charge < -0.3 is 20.3 Å². The van der Waals surface area contributed by atoms with Crippen LogP contribution < -0.4 is 25.2 Å². The van der Waals surface area contributed by atoms with Crippen LogP contribution in [-0.2, 0) is 4.79 Å². The molecule has 2 aliphatic heterocycles. The summed E-state index contributed by atoms with van der Waals surface area (Å²) in [5, 5.41) is 15.8. The predicted molar refractivity (Wildman–Crippen MR) is 114 cm³/mol. The first-order valence-corrected chi connectivity index (χ1v) is 10.7. The summed E-state index contributed by atoms with van der Waals surface area (Å²) in [5.41, 5.74) is 1.08. The second-order valence-electron chi connectivity index (χ2n) is 7.92. The molecule has 0 aromatic carbocycles. The highest BCUT2D eigenvalue weighted by Crippen LogP contribution is 2.37. The first kappa shape index (κ1) is 19.5. The minimum absolute atomic E-state index is 0.0326. The van der Waals surface area contributed by atoms with Crippen LogP contribution in [0, 0.1) is 11.3 Å². The van der Waals surface area contributed by atoms with Gasteiger partial charge in [-0.2, -0.15) is 10.2 Å². The molecule has 10 heteroatoms. The van der Waals surface area contributed by atoms with E-state index in [1.54, 1.807) is 4.90 Å². The number of nitriles is 1. The standard InChI is InChI=1S/C21H24N8O2/c22-11-16-20(30)29(14-3-1-2-4-14)19-17(31-16)13-25-21(27-19)26-18-6-5-15(12-24-18)28-9-7-23-8-10-28/h5-6,12-14,16,23H,1-4,7-10H2,(H,24,25,26,27). The topological polar surface area (TPSA) is 119 Å². The first-order chi connectivity index (χ1) is 15.2. The Morgan fingerprint density at radius 1 is 1.16 bits per heavy atom. The molecule has 31 heavy (non-hydrogen) atoms. The van der Waals surface area contributed by atoms with Gasteiger partial charge in [0.1, 0.15) is 11.9 Å². The Labute approximate surface area is 180 Å². The third-order valence-corrected chi connectivity index (χ3v) is 5.95. The summed E-state index contributed by atoms with van der Waals surface area (Å²) in [6, 6.07) is 5.88. The third-order valence-electron chi connectivity index (χ3n) is 5.95. The molecule has 160 valence electrons. The van der Waals surface area contributed by atoms with E-state index in [4.69, 9.17) is 4.74 Å². The van der Waals surface area contributed by atoms with Crippen LogP contribution in [0.4, 0.5) is 23.3 Å². The summed E-state index contributed by atoms with van der Waals surface area (Å²) in [6.07, 6.45) is 6.09. The van der Waals surface area contributed by atoms with Crippen LogP contribution in [-0.4, -0.2) is 59.2 Å². The zero-order chi connectivity index (χ0) is 21.2. The molecule has 1 saturated carbocycles. The number of pyridine rings is 1. The normalized spacial score (nSPS) is 21.4. The van der Waals surface area contributed by atoms with Crippen molar-refractivity contribution < 1.29 is 9.53 Å². The quantitative estimate of drug-likeness (QED) is 0.760. The van der Waals surface area contributed by atoms with Crippen LogP contribution in [0.5, 0.6) is 5.75 Å². The Morgan fingerprint density at radius 2 is 1.97 bits per heavy atom. The van der Waals surface area contributed by atoms with E-state index in [9.17, 15) is 10.1 Å². The molecule has 4 heterocycles. The van der Waals surface area contributed by atoms with Crippen LogP contribution in [0.2, 0.25) is 0 Å². The fourth-order valence-corrected chi connectivity index (χ4v) is 4.37. The maximum absolute atomic E-state index is 12.8. The Morgan fingerprint density at radius 3 is 2.68 bits per heavy atom. The van der Waals surface area contributed by atoms with E-state index in [0.29, 0.717) is 23.3 Å². The van der Waals surface area contributed by atoms with Crippen LogP contribution in [0.1, 0.15) is 25.7 Å².